The van der Waals surface area contributed by atoms with Gasteiger partial charge in [0.25, 0.3) is 0 Å². The Morgan fingerprint density at radius 2 is 2.23 bits per heavy atom. The van der Waals surface area contributed by atoms with Crippen LogP contribution < -0.4 is 4.74 Å². The molecule has 72 valence electrons. The highest BCUT2D eigenvalue weighted by atomic mass is 19.1. The Kier molecular flexibility index (Phi) is 3.71. The molecule has 0 spiro atoms. The van der Waals surface area contributed by atoms with E-state index in [2.05, 4.69) is 0 Å². The topological polar surface area (TPSA) is 29.5 Å². The van der Waals surface area contributed by atoms with Crippen LogP contribution in [-0.2, 0) is 0 Å². The highest BCUT2D eigenvalue weighted by Gasteiger charge is 2.01. The molecule has 2 nitrogen and oxygen atoms in total. The molecule has 0 saturated heterocycles. The molecule has 0 radical (unpaired) electrons. The molecule has 0 fully saturated rings. The van der Waals surface area contributed by atoms with Crippen LogP contribution in [0, 0.1) is 12.7 Å². The lowest BCUT2D eigenvalue weighted by molar-refractivity contribution is 0.228. The van der Waals surface area contributed by atoms with Gasteiger partial charge in [0.15, 0.2) is 11.6 Å². The third-order valence-electron chi connectivity index (χ3n) is 1.65. The van der Waals surface area contributed by atoms with E-state index in [-0.39, 0.29) is 18.2 Å². The summed E-state index contributed by atoms with van der Waals surface area (Å²) < 4.78 is 18.2. The molecule has 1 aromatic carbocycles. The molecule has 0 amide bonds. The molecule has 0 saturated carbocycles. The zero-order chi connectivity index (χ0) is 9.68. The number of rotatable bonds is 4. The summed E-state index contributed by atoms with van der Waals surface area (Å²) in [6.45, 7) is 2.23. The SMILES string of the molecule is Cc1ccc(OCCCO)c(F)c1. The zero-order valence-electron chi connectivity index (χ0n) is 7.59. The average molecular weight is 184 g/mol. The number of halogens is 1. The van der Waals surface area contributed by atoms with Crippen LogP contribution in [0.15, 0.2) is 18.2 Å². The van der Waals surface area contributed by atoms with E-state index in [1.165, 1.54) is 6.07 Å². The molecule has 0 aliphatic carbocycles. The van der Waals surface area contributed by atoms with Gasteiger partial charge >= 0.3 is 0 Å². The van der Waals surface area contributed by atoms with E-state index in [1.807, 2.05) is 6.92 Å². The Morgan fingerprint density at radius 1 is 1.46 bits per heavy atom. The van der Waals surface area contributed by atoms with Crippen molar-refractivity contribution in [3.63, 3.8) is 0 Å². The summed E-state index contributed by atoms with van der Waals surface area (Å²) in [5.74, 6) is -0.100. The van der Waals surface area contributed by atoms with Crippen molar-refractivity contribution in [2.75, 3.05) is 13.2 Å². The van der Waals surface area contributed by atoms with Crippen molar-refractivity contribution in [2.24, 2.45) is 0 Å². The molecule has 0 aromatic heterocycles. The van der Waals surface area contributed by atoms with Crippen LogP contribution in [0.5, 0.6) is 5.75 Å². The molecule has 0 atom stereocenters. The van der Waals surface area contributed by atoms with Crippen LogP contribution in [0.1, 0.15) is 12.0 Å². The molecule has 13 heavy (non-hydrogen) atoms. The maximum absolute atomic E-state index is 13.1. The van der Waals surface area contributed by atoms with E-state index in [9.17, 15) is 4.39 Å². The second-order valence-electron chi connectivity index (χ2n) is 2.86. The molecule has 0 aliphatic rings. The van der Waals surface area contributed by atoms with Gasteiger partial charge in [0.2, 0.25) is 0 Å². The molecule has 0 bridgehead atoms. The molecule has 1 rings (SSSR count). The van der Waals surface area contributed by atoms with E-state index < -0.39 is 0 Å². The van der Waals surface area contributed by atoms with Crippen LogP contribution in [0.3, 0.4) is 0 Å². The van der Waals surface area contributed by atoms with E-state index in [1.54, 1.807) is 12.1 Å². The lowest BCUT2D eigenvalue weighted by atomic mass is 10.2. The van der Waals surface area contributed by atoms with E-state index in [0.29, 0.717) is 13.0 Å². The summed E-state index contributed by atoms with van der Waals surface area (Å²) >= 11 is 0. The molecule has 3 heteroatoms. The van der Waals surface area contributed by atoms with Gasteiger partial charge in [0.05, 0.1) is 6.61 Å². The maximum atomic E-state index is 13.1. The first-order valence-corrected chi connectivity index (χ1v) is 4.24. The number of aliphatic hydroxyl groups is 1. The van der Waals surface area contributed by atoms with Crippen molar-refractivity contribution in [2.45, 2.75) is 13.3 Å². The summed E-state index contributed by atoms with van der Waals surface area (Å²) in [6, 6.07) is 4.81. The van der Waals surface area contributed by atoms with Gasteiger partial charge in [-0.05, 0) is 24.6 Å². The largest absolute Gasteiger partial charge is 0.490 e. The van der Waals surface area contributed by atoms with Gasteiger partial charge in [-0.2, -0.15) is 0 Å². The van der Waals surface area contributed by atoms with Gasteiger partial charge in [-0.1, -0.05) is 6.07 Å². The van der Waals surface area contributed by atoms with Crippen molar-refractivity contribution < 1.29 is 14.2 Å². The van der Waals surface area contributed by atoms with Crippen molar-refractivity contribution in [3.05, 3.63) is 29.6 Å². The normalized spacial score (nSPS) is 10.1. The Bertz CT molecular complexity index is 274. The molecule has 0 aliphatic heterocycles. The summed E-state index contributed by atoms with van der Waals surface area (Å²) in [4.78, 5) is 0. The first-order chi connectivity index (χ1) is 6.24. The highest BCUT2D eigenvalue weighted by molar-refractivity contribution is 5.28. The number of hydrogen-bond acceptors (Lipinski definition) is 2. The third kappa shape index (κ3) is 3.03. The van der Waals surface area contributed by atoms with Crippen LogP contribution >= 0.6 is 0 Å². The molecule has 1 aromatic rings. The van der Waals surface area contributed by atoms with Crippen LogP contribution in [0.2, 0.25) is 0 Å². The standard InChI is InChI=1S/C10H13FO2/c1-8-3-4-10(9(11)7-8)13-6-2-5-12/h3-4,7,12H,2,5-6H2,1H3. The lowest BCUT2D eigenvalue weighted by Crippen LogP contribution is -2.01. The van der Waals surface area contributed by atoms with Gasteiger partial charge in [-0.25, -0.2) is 4.39 Å². The Balaban J connectivity index is 2.56. The summed E-state index contributed by atoms with van der Waals surface area (Å²) in [6.07, 6.45) is 0.521. The van der Waals surface area contributed by atoms with Gasteiger partial charge in [0.1, 0.15) is 0 Å². The monoisotopic (exact) mass is 184 g/mol. The fraction of sp³-hybridized carbons (Fsp3) is 0.400. The summed E-state index contributed by atoms with van der Waals surface area (Å²) in [7, 11) is 0. The van der Waals surface area contributed by atoms with Crippen molar-refractivity contribution in [1.29, 1.82) is 0 Å². The smallest absolute Gasteiger partial charge is 0.165 e. The summed E-state index contributed by atoms with van der Waals surface area (Å²) in [5, 5.41) is 8.48. The Morgan fingerprint density at radius 3 is 2.85 bits per heavy atom. The van der Waals surface area contributed by atoms with Crippen LogP contribution in [-0.4, -0.2) is 18.3 Å². The first-order valence-electron chi connectivity index (χ1n) is 4.24. The fourth-order valence-electron chi connectivity index (χ4n) is 0.970. The second-order valence-corrected chi connectivity index (χ2v) is 2.86. The van der Waals surface area contributed by atoms with Gasteiger partial charge in [0, 0.05) is 13.0 Å². The number of aliphatic hydroxyl groups excluding tert-OH is 1. The molecule has 0 heterocycles. The van der Waals surface area contributed by atoms with E-state index >= 15 is 0 Å². The minimum absolute atomic E-state index is 0.0630. The Labute approximate surface area is 77.0 Å². The number of benzene rings is 1. The zero-order valence-corrected chi connectivity index (χ0v) is 7.59. The molecule has 1 N–H and O–H groups in total. The van der Waals surface area contributed by atoms with Gasteiger partial charge in [-0.3, -0.25) is 0 Å². The van der Waals surface area contributed by atoms with E-state index in [0.717, 1.165) is 5.56 Å². The van der Waals surface area contributed by atoms with E-state index in [4.69, 9.17) is 9.84 Å². The van der Waals surface area contributed by atoms with Crippen molar-refractivity contribution in [1.82, 2.24) is 0 Å². The number of hydrogen-bond donors (Lipinski definition) is 1. The second kappa shape index (κ2) is 4.82. The minimum atomic E-state index is -0.349. The Hall–Kier alpha value is -1.09. The quantitative estimate of drug-likeness (QED) is 0.724. The highest BCUT2D eigenvalue weighted by Crippen LogP contribution is 2.17. The minimum Gasteiger partial charge on any atom is -0.490 e. The van der Waals surface area contributed by atoms with Gasteiger partial charge < -0.3 is 9.84 Å². The average Bonchev–Trinajstić information content (AvgIpc) is 2.09. The van der Waals surface area contributed by atoms with Crippen molar-refractivity contribution in [3.8, 4) is 5.75 Å². The number of ether oxygens (including phenoxy) is 1. The van der Waals surface area contributed by atoms with Crippen molar-refractivity contribution >= 4 is 0 Å². The molecule has 0 unspecified atom stereocenters. The number of aryl methyl sites for hydroxylation is 1. The van der Waals surface area contributed by atoms with Crippen LogP contribution in [0.25, 0.3) is 0 Å². The predicted molar refractivity (Wildman–Crippen MR) is 48.3 cm³/mol. The summed E-state index contributed by atoms with van der Waals surface area (Å²) in [5.41, 5.74) is 0.868. The predicted octanol–water partition coefficient (Wildman–Crippen LogP) is 1.90. The first kappa shape index (κ1) is 9.99. The van der Waals surface area contributed by atoms with Crippen LogP contribution in [0.4, 0.5) is 4.39 Å². The maximum Gasteiger partial charge on any atom is 0.165 e. The molecular formula is C10H13FO2. The van der Waals surface area contributed by atoms with Gasteiger partial charge in [-0.15, -0.1) is 0 Å². The fourth-order valence-corrected chi connectivity index (χ4v) is 0.970. The lowest BCUT2D eigenvalue weighted by Gasteiger charge is -2.06. The third-order valence-corrected chi connectivity index (χ3v) is 1.65. The molecular weight excluding hydrogens is 171 g/mol.